The van der Waals surface area contributed by atoms with Gasteiger partial charge in [0.2, 0.25) is 5.91 Å². The number of primary amides is 1. The molecular weight excluding hydrogens is 491 g/mol. The van der Waals surface area contributed by atoms with Crippen LogP contribution in [0.5, 0.6) is 0 Å². The van der Waals surface area contributed by atoms with Gasteiger partial charge in [-0.05, 0) is 49.6 Å². The van der Waals surface area contributed by atoms with Gasteiger partial charge < -0.3 is 16.4 Å². The smallest absolute Gasteiger partial charge is 0.276 e. The molecule has 2 aromatic rings. The Morgan fingerprint density at radius 2 is 1.77 bits per heavy atom. The minimum absolute atomic E-state index is 0.0123. The Hall–Kier alpha value is -3.36. The lowest BCUT2D eigenvalue weighted by Gasteiger charge is -2.36. The minimum atomic E-state index is -1.82. The topological polar surface area (TPSA) is 122 Å². The van der Waals surface area contributed by atoms with E-state index in [9.17, 15) is 19.2 Å². The van der Waals surface area contributed by atoms with Crippen molar-refractivity contribution in [3.8, 4) is 0 Å². The fourth-order valence-corrected chi connectivity index (χ4v) is 5.19. The average molecular weight is 513 g/mol. The highest BCUT2D eigenvalue weighted by Crippen LogP contribution is 2.58. The first-order chi connectivity index (χ1) is 16.5. The van der Waals surface area contributed by atoms with Gasteiger partial charge in [0, 0.05) is 26.7 Å². The van der Waals surface area contributed by atoms with E-state index < -0.39 is 28.7 Å². The summed E-state index contributed by atoms with van der Waals surface area (Å²) in [4.78, 5) is 55.0. The van der Waals surface area contributed by atoms with Crippen LogP contribution in [0.15, 0.2) is 47.7 Å². The minimum Gasteiger partial charge on any atom is -0.371 e. The van der Waals surface area contributed by atoms with Crippen LogP contribution in [0.1, 0.15) is 30.9 Å². The predicted molar refractivity (Wildman–Crippen MR) is 132 cm³/mol. The van der Waals surface area contributed by atoms with E-state index in [0.717, 1.165) is 0 Å². The third kappa shape index (κ3) is 3.35. The van der Waals surface area contributed by atoms with Crippen molar-refractivity contribution in [3.05, 3.63) is 68.8 Å². The fourth-order valence-electron chi connectivity index (χ4n) is 4.85. The normalized spacial score (nSPS) is 21.9. The molecule has 2 aromatic carbocycles. The van der Waals surface area contributed by atoms with Gasteiger partial charge in [0.05, 0.1) is 17.8 Å². The van der Waals surface area contributed by atoms with Crippen LogP contribution < -0.4 is 21.3 Å². The average Bonchev–Trinajstić information content (AvgIpc) is 3.41. The number of nitrogens with two attached hydrogens (primary N) is 1. The van der Waals surface area contributed by atoms with E-state index in [1.54, 1.807) is 50.2 Å². The lowest BCUT2D eigenvalue weighted by atomic mass is 9.77. The van der Waals surface area contributed by atoms with E-state index >= 15 is 0 Å². The van der Waals surface area contributed by atoms with E-state index in [0.29, 0.717) is 45.4 Å². The Kier molecular flexibility index (Phi) is 5.23. The molecule has 1 unspecified atom stereocenters. The van der Waals surface area contributed by atoms with Crippen molar-refractivity contribution in [2.24, 2.45) is 11.1 Å². The Bertz CT molecular complexity index is 1380. The number of halogens is 2. The maximum Gasteiger partial charge on any atom is 0.276 e. The molecule has 2 heterocycles. The zero-order chi connectivity index (χ0) is 25.3. The molecule has 1 atom stereocenters. The van der Waals surface area contributed by atoms with E-state index in [4.69, 9.17) is 28.9 Å². The predicted octanol–water partition coefficient (Wildman–Crippen LogP) is 3.19. The van der Waals surface area contributed by atoms with Crippen LogP contribution in [-0.2, 0) is 24.7 Å². The van der Waals surface area contributed by atoms with Gasteiger partial charge >= 0.3 is 0 Å². The summed E-state index contributed by atoms with van der Waals surface area (Å²) in [5, 5.41) is 6.31. The highest BCUT2D eigenvalue weighted by atomic mass is 35.5. The van der Waals surface area contributed by atoms with Crippen LogP contribution in [0.4, 0.5) is 11.4 Å². The number of nitrogens with zero attached hydrogens (tertiary/aromatic N) is 1. The Morgan fingerprint density at radius 1 is 1.11 bits per heavy atom. The van der Waals surface area contributed by atoms with Crippen molar-refractivity contribution in [2.45, 2.75) is 32.2 Å². The first kappa shape index (κ1) is 23.4. The van der Waals surface area contributed by atoms with Gasteiger partial charge in [0.25, 0.3) is 11.8 Å². The molecule has 3 aliphatic rings. The number of amides is 3. The van der Waals surface area contributed by atoms with Crippen molar-refractivity contribution >= 4 is 58.1 Å². The summed E-state index contributed by atoms with van der Waals surface area (Å²) in [7, 11) is 0. The van der Waals surface area contributed by atoms with E-state index in [-0.39, 0.29) is 23.6 Å². The van der Waals surface area contributed by atoms with Crippen LogP contribution in [0.3, 0.4) is 0 Å². The Labute approximate surface area is 211 Å². The van der Waals surface area contributed by atoms with Crippen molar-refractivity contribution in [2.75, 3.05) is 16.8 Å². The molecule has 1 aliphatic carbocycles. The number of carbonyl (C=O) groups is 4. The summed E-state index contributed by atoms with van der Waals surface area (Å²) in [5.41, 5.74) is 4.48. The number of benzene rings is 2. The monoisotopic (exact) mass is 512 g/mol. The van der Waals surface area contributed by atoms with E-state index in [2.05, 4.69) is 10.6 Å². The molecule has 1 fully saturated rings. The first-order valence-corrected chi connectivity index (χ1v) is 11.8. The summed E-state index contributed by atoms with van der Waals surface area (Å²) >= 11 is 12.5. The number of rotatable bonds is 6. The molecular formula is C25H22Cl2N4O4. The largest absolute Gasteiger partial charge is 0.371 e. The second-order valence-corrected chi connectivity index (χ2v) is 10.3. The molecule has 180 valence electrons. The Balaban J connectivity index is 1.86. The number of hydrogen-bond acceptors (Lipinski definition) is 5. The molecule has 1 spiro atoms. The highest BCUT2D eigenvalue weighted by Gasteiger charge is 2.66. The third-order valence-electron chi connectivity index (χ3n) is 6.94. The van der Waals surface area contributed by atoms with Crippen LogP contribution in [-0.4, -0.2) is 30.0 Å². The van der Waals surface area contributed by atoms with Crippen LogP contribution >= 0.6 is 23.2 Å². The second kappa shape index (κ2) is 7.83. The lowest BCUT2D eigenvalue weighted by Crippen LogP contribution is -2.53. The maximum atomic E-state index is 14.1. The number of hydrogen-bond donors (Lipinski definition) is 3. The molecule has 1 saturated carbocycles. The number of aryl methyl sites for hydroxylation is 1. The SMILES string of the molecule is Cc1ccc(Cl)cc1N1C(=O)C(NCC(N)=O)=C(C(=O)C2(C)CC2)C12C(=O)Nc1cc(Cl)ccc12. The quantitative estimate of drug-likeness (QED) is 0.548. The highest BCUT2D eigenvalue weighted by molar-refractivity contribution is 6.33. The standard InChI is InChI=1S/C25H22Cl2N4O4/c1-12-3-4-14(27)10-17(12)31-22(34)20(29-11-18(28)32)19(21(33)24(2)7-8-24)25(31)15-6-5-13(26)9-16(15)30-23(25)35/h3-6,9-10,29H,7-8,11H2,1-2H3,(H2,28,32)(H,30,35). The molecule has 0 radical (unpaired) electrons. The molecule has 8 nitrogen and oxygen atoms in total. The molecule has 3 amide bonds. The molecule has 0 aromatic heterocycles. The first-order valence-electron chi connectivity index (χ1n) is 11.0. The molecule has 4 N–H and O–H groups in total. The summed E-state index contributed by atoms with van der Waals surface area (Å²) in [6.07, 6.45) is 1.24. The van der Waals surface area contributed by atoms with Gasteiger partial charge in [-0.15, -0.1) is 0 Å². The fraction of sp³-hybridized carbons (Fsp3) is 0.280. The maximum absolute atomic E-state index is 14.1. The van der Waals surface area contributed by atoms with Crippen LogP contribution in [0.2, 0.25) is 10.0 Å². The van der Waals surface area contributed by atoms with Crippen molar-refractivity contribution in [1.82, 2.24) is 5.32 Å². The van der Waals surface area contributed by atoms with Gasteiger partial charge in [0.1, 0.15) is 5.70 Å². The summed E-state index contributed by atoms with van der Waals surface area (Å²) in [6.45, 7) is 3.19. The number of carbonyl (C=O) groups excluding carboxylic acids is 4. The third-order valence-corrected chi connectivity index (χ3v) is 7.41. The van der Waals surface area contributed by atoms with Crippen LogP contribution in [0.25, 0.3) is 0 Å². The van der Waals surface area contributed by atoms with Gasteiger partial charge in [-0.2, -0.15) is 0 Å². The van der Waals surface area contributed by atoms with Gasteiger partial charge in [-0.3, -0.25) is 24.1 Å². The van der Waals surface area contributed by atoms with Crippen LogP contribution in [0, 0.1) is 12.3 Å². The molecule has 5 rings (SSSR count). The molecule has 35 heavy (non-hydrogen) atoms. The summed E-state index contributed by atoms with van der Waals surface area (Å²) in [5.74, 6) is -2.27. The van der Waals surface area contributed by atoms with E-state index in [1.165, 1.54) is 4.90 Å². The molecule has 0 bridgehead atoms. The zero-order valence-corrected chi connectivity index (χ0v) is 20.5. The lowest BCUT2D eigenvalue weighted by molar-refractivity contribution is -0.125. The number of ketones is 1. The molecule has 0 saturated heterocycles. The van der Waals surface area contributed by atoms with Gasteiger partial charge in [0.15, 0.2) is 11.3 Å². The van der Waals surface area contributed by atoms with Gasteiger partial charge in [-0.25, -0.2) is 0 Å². The summed E-state index contributed by atoms with van der Waals surface area (Å²) in [6, 6.07) is 9.79. The zero-order valence-electron chi connectivity index (χ0n) is 19.0. The number of fused-ring (bicyclic) bond motifs is 2. The van der Waals surface area contributed by atoms with Crippen molar-refractivity contribution < 1.29 is 19.2 Å². The molecule has 2 aliphatic heterocycles. The van der Waals surface area contributed by atoms with E-state index in [1.807, 2.05) is 0 Å². The second-order valence-electron chi connectivity index (χ2n) is 9.39. The number of anilines is 2. The summed E-state index contributed by atoms with van der Waals surface area (Å²) < 4.78 is 0. The Morgan fingerprint density at radius 3 is 2.43 bits per heavy atom. The van der Waals surface area contributed by atoms with Crippen molar-refractivity contribution in [1.29, 1.82) is 0 Å². The molecule has 10 heteroatoms. The van der Waals surface area contributed by atoms with Gasteiger partial charge in [-0.1, -0.05) is 42.3 Å². The number of nitrogens with one attached hydrogen (secondary N) is 2. The van der Waals surface area contributed by atoms with Crippen molar-refractivity contribution in [3.63, 3.8) is 0 Å². The number of Topliss-reactive ketones (excluding diaryl/α,β-unsaturated/α-hetero) is 1.